The van der Waals surface area contributed by atoms with Gasteiger partial charge in [-0.1, -0.05) is 0 Å². The van der Waals surface area contributed by atoms with E-state index in [2.05, 4.69) is 15.6 Å². The number of methoxy groups -OCH3 is 1. The molecule has 0 bridgehead atoms. The van der Waals surface area contributed by atoms with E-state index in [-0.39, 0.29) is 5.97 Å². The van der Waals surface area contributed by atoms with Crippen molar-refractivity contribution in [2.24, 2.45) is 0 Å². The minimum absolute atomic E-state index is 0.374. The number of esters is 1. The molecule has 7 heteroatoms. The van der Waals surface area contributed by atoms with Crippen LogP contribution in [0.3, 0.4) is 0 Å². The van der Waals surface area contributed by atoms with Crippen LogP contribution in [-0.4, -0.2) is 23.2 Å². The first kappa shape index (κ1) is 16.4. The zero-order valence-electron chi connectivity index (χ0n) is 12.8. The molecule has 0 unspecified atom stereocenters. The van der Waals surface area contributed by atoms with Crippen LogP contribution in [-0.2, 0) is 4.74 Å². The zero-order chi connectivity index (χ0) is 16.3. The van der Waals surface area contributed by atoms with Crippen LogP contribution in [0.4, 0.5) is 10.8 Å². The number of hydrogen-bond acceptors (Lipinski definition) is 5. The third kappa shape index (κ3) is 3.61. The van der Waals surface area contributed by atoms with Crippen molar-refractivity contribution >= 4 is 45.5 Å². The summed E-state index contributed by atoms with van der Waals surface area (Å²) in [5, 5.41) is 7.11. The van der Waals surface area contributed by atoms with Crippen molar-refractivity contribution in [3.63, 3.8) is 0 Å². The first-order valence-corrected chi connectivity index (χ1v) is 7.83. The Hall–Kier alpha value is -1.99. The van der Waals surface area contributed by atoms with Crippen LogP contribution in [0.15, 0.2) is 18.3 Å². The van der Waals surface area contributed by atoms with E-state index in [1.807, 2.05) is 32.9 Å². The minimum Gasteiger partial charge on any atom is -0.465 e. The van der Waals surface area contributed by atoms with Crippen molar-refractivity contribution in [3.8, 4) is 0 Å². The second-order valence-electron chi connectivity index (χ2n) is 4.78. The minimum atomic E-state index is -0.374. The number of nitrogens with one attached hydrogen (secondary N) is 2. The van der Waals surface area contributed by atoms with Crippen LogP contribution in [0.25, 0.3) is 0 Å². The van der Waals surface area contributed by atoms with Gasteiger partial charge in [0.1, 0.15) is 10.8 Å². The molecule has 0 aromatic carbocycles. The Labute approximate surface area is 138 Å². The lowest BCUT2D eigenvalue weighted by atomic mass is 10.1. The number of thiocarbonyl (C=S) groups is 1. The van der Waals surface area contributed by atoms with E-state index in [1.54, 1.807) is 6.20 Å². The van der Waals surface area contributed by atoms with E-state index in [9.17, 15) is 4.79 Å². The first-order valence-electron chi connectivity index (χ1n) is 6.61. The van der Waals surface area contributed by atoms with Crippen molar-refractivity contribution in [1.29, 1.82) is 0 Å². The van der Waals surface area contributed by atoms with Gasteiger partial charge in [0, 0.05) is 11.1 Å². The fourth-order valence-electron chi connectivity index (χ4n) is 1.92. The van der Waals surface area contributed by atoms with Crippen LogP contribution < -0.4 is 10.6 Å². The Morgan fingerprint density at radius 3 is 2.68 bits per heavy atom. The highest BCUT2D eigenvalue weighted by Gasteiger charge is 2.20. The van der Waals surface area contributed by atoms with Gasteiger partial charge < -0.3 is 15.4 Å². The maximum atomic E-state index is 11.9. The Bertz CT molecular complexity index is 726. The van der Waals surface area contributed by atoms with Crippen molar-refractivity contribution in [2.45, 2.75) is 20.8 Å². The quantitative estimate of drug-likeness (QED) is 0.659. The molecule has 116 valence electrons. The number of carbonyl (C=O) groups is 1. The number of hydrogen-bond donors (Lipinski definition) is 2. The lowest BCUT2D eigenvalue weighted by Gasteiger charge is -2.10. The molecule has 0 aliphatic heterocycles. The molecule has 2 aromatic rings. The van der Waals surface area contributed by atoms with Gasteiger partial charge in [-0.2, -0.15) is 0 Å². The molecule has 0 atom stereocenters. The van der Waals surface area contributed by atoms with E-state index in [4.69, 9.17) is 17.0 Å². The molecule has 2 rings (SSSR count). The summed E-state index contributed by atoms with van der Waals surface area (Å²) in [4.78, 5) is 17.2. The fourth-order valence-corrected chi connectivity index (χ4v) is 3.24. The van der Waals surface area contributed by atoms with Crippen molar-refractivity contribution in [2.75, 3.05) is 17.7 Å². The lowest BCUT2D eigenvalue weighted by molar-refractivity contribution is 0.0601. The van der Waals surface area contributed by atoms with Crippen LogP contribution in [0, 0.1) is 20.8 Å². The maximum Gasteiger partial charge on any atom is 0.341 e. The van der Waals surface area contributed by atoms with Gasteiger partial charge in [-0.15, -0.1) is 11.3 Å². The number of carbonyl (C=O) groups excluding carboxylic acids is 1. The number of nitrogens with zero attached hydrogens (tertiary/aromatic N) is 1. The molecule has 2 N–H and O–H groups in total. The second kappa shape index (κ2) is 6.85. The molecule has 0 spiro atoms. The van der Waals surface area contributed by atoms with Gasteiger partial charge in [0.15, 0.2) is 5.11 Å². The van der Waals surface area contributed by atoms with Crippen molar-refractivity contribution < 1.29 is 9.53 Å². The van der Waals surface area contributed by atoms with Crippen LogP contribution >= 0.6 is 23.6 Å². The van der Waals surface area contributed by atoms with Gasteiger partial charge in [0.2, 0.25) is 0 Å². The highest BCUT2D eigenvalue weighted by molar-refractivity contribution is 7.80. The number of aryl methyl sites for hydroxylation is 2. The highest BCUT2D eigenvalue weighted by atomic mass is 32.1. The summed E-state index contributed by atoms with van der Waals surface area (Å²) in [6, 6.07) is 3.79. The summed E-state index contributed by atoms with van der Waals surface area (Å²) in [6.45, 7) is 5.82. The van der Waals surface area contributed by atoms with Gasteiger partial charge in [0.05, 0.1) is 12.7 Å². The number of pyridine rings is 1. The zero-order valence-corrected chi connectivity index (χ0v) is 14.4. The van der Waals surface area contributed by atoms with Crippen LogP contribution in [0.5, 0.6) is 0 Å². The average Bonchev–Trinajstić information content (AvgIpc) is 2.72. The average molecular weight is 335 g/mol. The molecule has 2 aromatic heterocycles. The molecular formula is C15H17N3O2S2. The molecule has 0 saturated heterocycles. The predicted octanol–water partition coefficient (Wildman–Crippen LogP) is 3.66. The summed E-state index contributed by atoms with van der Waals surface area (Å²) in [6.07, 6.45) is 1.71. The molecule has 0 aliphatic rings. The molecule has 22 heavy (non-hydrogen) atoms. The van der Waals surface area contributed by atoms with Gasteiger partial charge in [-0.05, 0) is 56.2 Å². The monoisotopic (exact) mass is 335 g/mol. The molecule has 0 amide bonds. The van der Waals surface area contributed by atoms with Gasteiger partial charge in [-0.25, -0.2) is 9.78 Å². The molecular weight excluding hydrogens is 318 g/mol. The molecule has 2 heterocycles. The smallest absolute Gasteiger partial charge is 0.341 e. The van der Waals surface area contributed by atoms with Gasteiger partial charge in [-0.3, -0.25) is 0 Å². The number of ether oxygens (including phenoxy) is 1. The van der Waals surface area contributed by atoms with Gasteiger partial charge >= 0.3 is 5.97 Å². The molecule has 0 radical (unpaired) electrons. The summed E-state index contributed by atoms with van der Waals surface area (Å²) in [5.74, 6) is 0.281. The van der Waals surface area contributed by atoms with Crippen molar-refractivity contribution in [1.82, 2.24) is 4.98 Å². The van der Waals surface area contributed by atoms with Gasteiger partial charge in [0.25, 0.3) is 0 Å². The van der Waals surface area contributed by atoms with E-state index >= 15 is 0 Å². The number of thiophene rings is 1. The van der Waals surface area contributed by atoms with Crippen LogP contribution in [0.2, 0.25) is 0 Å². The molecule has 5 nitrogen and oxygen atoms in total. The Morgan fingerprint density at radius 1 is 1.32 bits per heavy atom. The van der Waals surface area contributed by atoms with E-state index in [0.29, 0.717) is 21.5 Å². The van der Waals surface area contributed by atoms with E-state index in [1.165, 1.54) is 18.4 Å². The van der Waals surface area contributed by atoms with Crippen molar-refractivity contribution in [3.05, 3.63) is 39.9 Å². The SMILES string of the molecule is COC(=O)c1c(NC(=S)Nc2cc(C)ccn2)sc(C)c1C. The third-order valence-electron chi connectivity index (χ3n) is 3.16. The number of aromatic nitrogens is 1. The Kier molecular flexibility index (Phi) is 5.10. The van der Waals surface area contributed by atoms with Crippen LogP contribution in [0.1, 0.15) is 26.4 Å². The van der Waals surface area contributed by atoms with E-state index < -0.39 is 0 Å². The molecule has 0 fully saturated rings. The Balaban J connectivity index is 2.18. The maximum absolute atomic E-state index is 11.9. The topological polar surface area (TPSA) is 63.2 Å². The predicted molar refractivity (Wildman–Crippen MR) is 93.9 cm³/mol. The summed E-state index contributed by atoms with van der Waals surface area (Å²) in [7, 11) is 1.37. The molecule has 0 saturated carbocycles. The summed E-state index contributed by atoms with van der Waals surface area (Å²) < 4.78 is 4.84. The normalized spacial score (nSPS) is 10.2. The number of rotatable bonds is 3. The second-order valence-corrected chi connectivity index (χ2v) is 6.41. The molecule has 0 aliphatic carbocycles. The summed E-state index contributed by atoms with van der Waals surface area (Å²) in [5.41, 5.74) is 2.50. The lowest BCUT2D eigenvalue weighted by Crippen LogP contribution is -2.20. The standard InChI is InChI=1S/C15H17N3O2S2/c1-8-5-6-16-11(7-8)17-15(21)18-13-12(14(19)20-4)9(2)10(3)22-13/h5-7H,1-4H3,(H2,16,17,18,21). The fraction of sp³-hybridized carbons (Fsp3) is 0.267. The Morgan fingerprint density at radius 2 is 2.05 bits per heavy atom. The summed E-state index contributed by atoms with van der Waals surface area (Å²) >= 11 is 6.76. The largest absolute Gasteiger partial charge is 0.465 e. The highest BCUT2D eigenvalue weighted by Crippen LogP contribution is 2.33. The third-order valence-corrected chi connectivity index (χ3v) is 4.49. The number of anilines is 2. The van der Waals surface area contributed by atoms with E-state index in [0.717, 1.165) is 16.0 Å². The first-order chi connectivity index (χ1) is 10.4.